The van der Waals surface area contributed by atoms with Crippen LogP contribution >= 0.6 is 0 Å². The van der Waals surface area contributed by atoms with Crippen LogP contribution in [-0.4, -0.2) is 120 Å². The topological polar surface area (TPSA) is 159 Å². The predicted octanol–water partition coefficient (Wildman–Crippen LogP) is 2.00. The van der Waals surface area contributed by atoms with Crippen molar-refractivity contribution < 1.29 is 29.0 Å². The number of hydrogen-bond donors (Lipinski definition) is 3. The lowest BCUT2D eigenvalue weighted by Gasteiger charge is -2.41. The zero-order valence-electron chi connectivity index (χ0n) is 29.2. The van der Waals surface area contributed by atoms with Crippen LogP contribution in [0.2, 0.25) is 0 Å². The molecular weight excluding hydrogens is 642 g/mol. The highest BCUT2D eigenvalue weighted by Crippen LogP contribution is 2.38. The number of piperazine rings is 1. The molecule has 268 valence electrons. The van der Waals surface area contributed by atoms with E-state index >= 15 is 0 Å². The molecule has 1 aromatic carbocycles. The molecule has 2 amide bonds. The third-order valence-corrected chi connectivity index (χ3v) is 10.7. The number of ether oxygens (including phenoxy) is 2. The number of pyridine rings is 2. The Labute approximate surface area is 291 Å². The molecule has 50 heavy (non-hydrogen) atoms. The number of carbonyl (C=O) groups is 3. The van der Waals surface area contributed by atoms with Gasteiger partial charge in [-0.3, -0.25) is 34.3 Å². The number of piperidine rings is 2. The monoisotopic (exact) mass is 689 g/mol. The highest BCUT2D eigenvalue weighted by atomic mass is 16.5. The molecule has 14 nitrogen and oxygen atoms in total. The summed E-state index contributed by atoms with van der Waals surface area (Å²) in [5.41, 5.74) is 2.64. The van der Waals surface area contributed by atoms with E-state index in [2.05, 4.69) is 25.4 Å². The van der Waals surface area contributed by atoms with E-state index in [0.29, 0.717) is 36.8 Å². The van der Waals surface area contributed by atoms with Gasteiger partial charge in [-0.25, -0.2) is 4.98 Å². The third kappa shape index (κ3) is 7.32. The molecule has 3 aliphatic heterocycles. The molecule has 0 saturated carbocycles. The second kappa shape index (κ2) is 15.2. The summed E-state index contributed by atoms with van der Waals surface area (Å²) in [6, 6.07) is 5.23. The first-order valence-corrected chi connectivity index (χ1v) is 17.3. The zero-order chi connectivity index (χ0) is 35.5. The van der Waals surface area contributed by atoms with Crippen molar-refractivity contribution in [1.82, 2.24) is 29.6 Å². The van der Waals surface area contributed by atoms with Crippen LogP contribution in [0.3, 0.4) is 0 Å². The van der Waals surface area contributed by atoms with Gasteiger partial charge in [0.15, 0.2) is 0 Å². The maximum absolute atomic E-state index is 13.0. The minimum absolute atomic E-state index is 0.0302. The normalized spacial score (nSPS) is 21.3. The fourth-order valence-corrected chi connectivity index (χ4v) is 7.60. The van der Waals surface area contributed by atoms with E-state index in [0.717, 1.165) is 85.6 Å². The summed E-state index contributed by atoms with van der Waals surface area (Å²) < 4.78 is 13.4. The molecule has 3 N–H and O–H groups in total. The highest BCUT2D eigenvalue weighted by molar-refractivity contribution is 6.08. The number of methoxy groups -OCH3 is 2. The van der Waals surface area contributed by atoms with Gasteiger partial charge in [-0.2, -0.15) is 0 Å². The van der Waals surface area contributed by atoms with Crippen LogP contribution in [-0.2, 0) is 28.0 Å². The lowest BCUT2D eigenvalue weighted by molar-refractivity contribution is -0.153. The standard InChI is InChI=1S/C36H47N7O7/c1-37-32-18-24-26(19-38-32)27(20-40(2)35(24)46)23-15-30(49-3)28(31(16-23)50-4)21-42-9-6-22(7-10-42)5-8-41-11-13-43(14-12-41)29-17-25(36(47)48)33(44)39-34(29)45/h15-16,18-20,22,25,29H,5-14,17,21H2,1-4H3,(H,37,38)(H,47,48)(H,39,44,45). The number of fused-ring (bicyclic) bond motifs is 1. The largest absolute Gasteiger partial charge is 0.496 e. The van der Waals surface area contributed by atoms with E-state index in [1.54, 1.807) is 45.1 Å². The Balaban J connectivity index is 1.04. The van der Waals surface area contributed by atoms with Gasteiger partial charge in [0.1, 0.15) is 23.2 Å². The van der Waals surface area contributed by atoms with Crippen molar-refractivity contribution in [3.05, 3.63) is 46.5 Å². The molecule has 3 saturated heterocycles. The summed E-state index contributed by atoms with van der Waals surface area (Å²) in [4.78, 5) is 60.1. The average Bonchev–Trinajstić information content (AvgIpc) is 3.12. The van der Waals surface area contributed by atoms with Crippen molar-refractivity contribution in [1.29, 1.82) is 0 Å². The number of anilines is 1. The van der Waals surface area contributed by atoms with Gasteiger partial charge in [0.05, 0.1) is 31.2 Å². The SMILES string of the molecule is CNc1cc2c(=O)n(C)cc(-c3cc(OC)c(CN4CCC(CCN5CCN(C6CC(C(=O)O)C(=O)NC6=O)CC5)CC4)c(OC)c3)c2cn1. The van der Waals surface area contributed by atoms with E-state index in [-0.39, 0.29) is 12.0 Å². The van der Waals surface area contributed by atoms with Gasteiger partial charge in [0, 0.05) is 70.2 Å². The molecule has 6 rings (SSSR count). The fourth-order valence-electron chi connectivity index (χ4n) is 7.60. The Morgan fingerprint density at radius 3 is 2.26 bits per heavy atom. The minimum Gasteiger partial charge on any atom is -0.496 e. The molecule has 3 aromatic rings. The number of nitrogens with one attached hydrogen (secondary N) is 2. The second-order valence-corrected chi connectivity index (χ2v) is 13.6. The van der Waals surface area contributed by atoms with Crippen molar-refractivity contribution >= 4 is 34.4 Å². The Morgan fingerprint density at radius 1 is 0.960 bits per heavy atom. The molecule has 0 bridgehead atoms. The summed E-state index contributed by atoms with van der Waals surface area (Å²) in [5, 5.41) is 16.0. The van der Waals surface area contributed by atoms with Crippen LogP contribution in [0.5, 0.6) is 11.5 Å². The number of aliphatic carboxylic acids is 1. The van der Waals surface area contributed by atoms with E-state index in [1.165, 1.54) is 0 Å². The summed E-state index contributed by atoms with van der Waals surface area (Å²) in [6.07, 6.45) is 6.89. The van der Waals surface area contributed by atoms with Gasteiger partial charge >= 0.3 is 5.97 Å². The smallest absolute Gasteiger partial charge is 0.316 e. The van der Waals surface area contributed by atoms with E-state index in [1.807, 2.05) is 23.2 Å². The number of carbonyl (C=O) groups excluding carboxylic acids is 2. The maximum Gasteiger partial charge on any atom is 0.316 e. The van der Waals surface area contributed by atoms with Gasteiger partial charge in [-0.15, -0.1) is 0 Å². The van der Waals surface area contributed by atoms with Crippen molar-refractivity contribution in [2.45, 2.75) is 38.3 Å². The summed E-state index contributed by atoms with van der Waals surface area (Å²) in [6.45, 7) is 6.60. The number of imide groups is 1. The van der Waals surface area contributed by atoms with Crippen LogP contribution < -0.4 is 25.7 Å². The molecule has 14 heteroatoms. The number of likely N-dealkylation sites (tertiary alicyclic amines) is 1. The van der Waals surface area contributed by atoms with E-state index in [9.17, 15) is 24.3 Å². The predicted molar refractivity (Wildman–Crippen MR) is 188 cm³/mol. The number of rotatable bonds is 11. The van der Waals surface area contributed by atoms with Gasteiger partial charge < -0.3 is 29.4 Å². The number of aromatic nitrogens is 2. The molecule has 3 aliphatic rings. The van der Waals surface area contributed by atoms with Crippen LogP contribution in [0, 0.1) is 11.8 Å². The maximum atomic E-state index is 13.0. The zero-order valence-corrected chi connectivity index (χ0v) is 29.2. The molecular formula is C36H47N7O7. The average molecular weight is 690 g/mol. The number of carboxylic acid groups (broad SMARTS) is 1. The third-order valence-electron chi connectivity index (χ3n) is 10.7. The van der Waals surface area contributed by atoms with Crippen LogP contribution in [0.4, 0.5) is 5.82 Å². The molecule has 2 aromatic heterocycles. The first kappa shape index (κ1) is 35.3. The van der Waals surface area contributed by atoms with E-state index in [4.69, 9.17) is 9.47 Å². The van der Waals surface area contributed by atoms with Crippen molar-refractivity contribution in [2.75, 3.05) is 72.4 Å². The molecule has 2 unspecified atom stereocenters. The van der Waals surface area contributed by atoms with Gasteiger partial charge in [0.2, 0.25) is 11.8 Å². The quantitative estimate of drug-likeness (QED) is 0.199. The minimum atomic E-state index is -1.19. The Morgan fingerprint density at radius 2 is 1.64 bits per heavy atom. The molecule has 3 fully saturated rings. The van der Waals surface area contributed by atoms with Gasteiger partial charge in [-0.05, 0) is 75.0 Å². The summed E-state index contributed by atoms with van der Waals surface area (Å²) >= 11 is 0. The van der Waals surface area contributed by atoms with Gasteiger partial charge in [-0.1, -0.05) is 0 Å². The molecule has 0 aliphatic carbocycles. The Hall–Kier alpha value is -4.53. The van der Waals surface area contributed by atoms with Crippen molar-refractivity contribution in [2.24, 2.45) is 18.9 Å². The Kier molecular flexibility index (Phi) is 10.7. The molecule has 2 atom stereocenters. The summed E-state index contributed by atoms with van der Waals surface area (Å²) in [7, 11) is 6.87. The van der Waals surface area contributed by atoms with Crippen molar-refractivity contribution in [3.8, 4) is 22.6 Å². The van der Waals surface area contributed by atoms with Gasteiger partial charge in [0.25, 0.3) is 5.56 Å². The van der Waals surface area contributed by atoms with Crippen LogP contribution in [0.15, 0.2) is 35.4 Å². The number of hydrogen-bond acceptors (Lipinski definition) is 11. The van der Waals surface area contributed by atoms with Crippen LogP contribution in [0.25, 0.3) is 21.9 Å². The highest BCUT2D eigenvalue weighted by Gasteiger charge is 2.42. The lowest BCUT2D eigenvalue weighted by Crippen LogP contribution is -2.60. The van der Waals surface area contributed by atoms with Crippen LogP contribution in [0.1, 0.15) is 31.2 Å². The number of nitrogens with zero attached hydrogens (tertiary/aromatic N) is 5. The second-order valence-electron chi connectivity index (χ2n) is 13.6. The molecule has 5 heterocycles. The summed E-state index contributed by atoms with van der Waals surface area (Å²) in [5.74, 6) is -0.751. The number of amides is 2. The molecule has 0 spiro atoms. The molecule has 0 radical (unpaired) electrons. The fraction of sp³-hybridized carbons (Fsp3) is 0.528. The van der Waals surface area contributed by atoms with E-state index < -0.39 is 29.7 Å². The number of carboxylic acids is 1. The van der Waals surface area contributed by atoms with Crippen molar-refractivity contribution in [3.63, 3.8) is 0 Å². The first-order valence-electron chi connectivity index (χ1n) is 17.3. The number of aryl methyl sites for hydroxylation is 1. The Bertz CT molecular complexity index is 1790. The first-order chi connectivity index (χ1) is 24.1. The lowest BCUT2D eigenvalue weighted by atomic mass is 9.92. The number of benzene rings is 1.